The van der Waals surface area contributed by atoms with E-state index >= 15 is 0 Å². The minimum Gasteiger partial charge on any atom is -0.478 e. The smallest absolute Gasteiger partial charge is 0.335 e. The second-order valence-corrected chi connectivity index (χ2v) is 4.55. The van der Waals surface area contributed by atoms with Gasteiger partial charge in [-0.05, 0) is 24.0 Å². The summed E-state index contributed by atoms with van der Waals surface area (Å²) >= 11 is 1.49. The zero-order chi connectivity index (χ0) is 12.8. The lowest BCUT2D eigenvalue weighted by Gasteiger charge is -2.16. The van der Waals surface area contributed by atoms with E-state index in [1.165, 1.54) is 11.8 Å². The van der Waals surface area contributed by atoms with E-state index in [4.69, 9.17) is 5.11 Å². The van der Waals surface area contributed by atoms with Gasteiger partial charge in [-0.2, -0.15) is 11.8 Å². The summed E-state index contributed by atoms with van der Waals surface area (Å²) in [6, 6.07) is 6.55. The van der Waals surface area contributed by atoms with Crippen molar-refractivity contribution in [1.82, 2.24) is 4.90 Å². The molecule has 0 fully saturated rings. The van der Waals surface area contributed by atoms with Crippen molar-refractivity contribution in [3.05, 3.63) is 35.4 Å². The summed E-state index contributed by atoms with van der Waals surface area (Å²) in [5.74, 6) is -0.410. The highest BCUT2D eigenvalue weighted by atomic mass is 32.2. The van der Waals surface area contributed by atoms with Crippen LogP contribution in [0, 0.1) is 0 Å². The molecule has 0 saturated heterocycles. The average Bonchev–Trinajstić information content (AvgIpc) is 2.30. The predicted molar refractivity (Wildman–Crippen MR) is 68.3 cm³/mol. The third-order valence-corrected chi connectivity index (χ3v) is 2.85. The summed E-state index contributed by atoms with van der Waals surface area (Å²) in [6.45, 7) is 0.499. The number of aromatic carboxylic acids is 1. The first-order chi connectivity index (χ1) is 8.04. The van der Waals surface area contributed by atoms with Crippen LogP contribution < -0.4 is 0 Å². The van der Waals surface area contributed by atoms with Crippen LogP contribution in [0.2, 0.25) is 0 Å². The van der Waals surface area contributed by atoms with Gasteiger partial charge >= 0.3 is 5.97 Å². The predicted octanol–water partition coefficient (Wildman–Crippen LogP) is 1.71. The molecule has 0 atom stereocenters. The number of carbonyl (C=O) groups is 2. The lowest BCUT2D eigenvalue weighted by atomic mass is 10.1. The molecule has 0 aliphatic heterocycles. The number of carbonyl (C=O) groups excluding carboxylic acids is 1. The normalized spacial score (nSPS) is 10.0. The van der Waals surface area contributed by atoms with Gasteiger partial charge in [0.05, 0.1) is 11.3 Å². The Kier molecular flexibility index (Phi) is 5.03. The van der Waals surface area contributed by atoms with Gasteiger partial charge in [-0.1, -0.05) is 12.1 Å². The molecule has 92 valence electrons. The topological polar surface area (TPSA) is 57.6 Å². The number of carboxylic acids is 1. The number of carboxylic acid groups (broad SMARTS) is 1. The number of amides is 1. The van der Waals surface area contributed by atoms with Crippen molar-refractivity contribution in [2.75, 3.05) is 19.1 Å². The molecule has 1 rings (SSSR count). The number of thioether (sulfide) groups is 1. The molecule has 1 aromatic carbocycles. The second-order valence-electron chi connectivity index (χ2n) is 3.68. The summed E-state index contributed by atoms with van der Waals surface area (Å²) in [6.07, 6.45) is 1.88. The quantitative estimate of drug-likeness (QED) is 0.868. The maximum atomic E-state index is 11.5. The molecule has 0 aromatic heterocycles. The lowest BCUT2D eigenvalue weighted by molar-refractivity contribution is -0.127. The monoisotopic (exact) mass is 253 g/mol. The van der Waals surface area contributed by atoms with Crippen LogP contribution in [0.5, 0.6) is 0 Å². The van der Waals surface area contributed by atoms with E-state index in [1.54, 1.807) is 36.2 Å². The van der Waals surface area contributed by atoms with Crippen molar-refractivity contribution in [3.8, 4) is 0 Å². The number of hydrogen-bond donors (Lipinski definition) is 1. The Balaban J connectivity index is 2.63. The number of hydrogen-bond acceptors (Lipinski definition) is 3. The van der Waals surface area contributed by atoms with Gasteiger partial charge in [0.1, 0.15) is 0 Å². The van der Waals surface area contributed by atoms with Crippen molar-refractivity contribution >= 4 is 23.6 Å². The third kappa shape index (κ3) is 4.11. The zero-order valence-electron chi connectivity index (χ0n) is 9.84. The van der Waals surface area contributed by atoms with Crippen LogP contribution in [0.15, 0.2) is 24.3 Å². The molecule has 0 aliphatic rings. The minimum atomic E-state index is -0.941. The Labute approximate surface area is 105 Å². The molecule has 0 radical (unpaired) electrons. The van der Waals surface area contributed by atoms with Crippen molar-refractivity contribution < 1.29 is 14.7 Å². The van der Waals surface area contributed by atoms with Gasteiger partial charge in [-0.25, -0.2) is 4.79 Å². The highest BCUT2D eigenvalue weighted by molar-refractivity contribution is 7.99. The summed E-state index contributed by atoms with van der Waals surface area (Å²) in [5.41, 5.74) is 1.18. The molecular weight excluding hydrogens is 238 g/mol. The molecule has 0 bridgehead atoms. The van der Waals surface area contributed by atoms with Gasteiger partial charge in [0, 0.05) is 13.6 Å². The number of nitrogens with zero attached hydrogens (tertiary/aromatic N) is 1. The van der Waals surface area contributed by atoms with Gasteiger partial charge in [0.25, 0.3) is 0 Å². The van der Waals surface area contributed by atoms with Gasteiger partial charge in [0.15, 0.2) is 0 Å². The molecule has 1 aromatic rings. The summed E-state index contributed by atoms with van der Waals surface area (Å²) < 4.78 is 0. The van der Waals surface area contributed by atoms with Crippen LogP contribution in [-0.4, -0.2) is 40.9 Å². The third-order valence-electron chi connectivity index (χ3n) is 2.31. The van der Waals surface area contributed by atoms with Crippen LogP contribution >= 0.6 is 11.8 Å². The van der Waals surface area contributed by atoms with E-state index in [0.717, 1.165) is 5.56 Å². The van der Waals surface area contributed by atoms with Gasteiger partial charge in [-0.15, -0.1) is 0 Å². The minimum absolute atomic E-state index is 0.0693. The SMILES string of the molecule is CSCC(=O)N(C)Cc1ccc(C(=O)O)cc1. The lowest BCUT2D eigenvalue weighted by Crippen LogP contribution is -2.27. The van der Waals surface area contributed by atoms with Crippen LogP contribution in [0.25, 0.3) is 0 Å². The highest BCUT2D eigenvalue weighted by Gasteiger charge is 2.08. The molecule has 0 unspecified atom stereocenters. The van der Waals surface area contributed by atoms with Gasteiger partial charge < -0.3 is 10.0 Å². The molecule has 0 saturated carbocycles. The largest absolute Gasteiger partial charge is 0.478 e. The van der Waals surface area contributed by atoms with E-state index in [2.05, 4.69) is 0 Å². The van der Waals surface area contributed by atoms with Crippen molar-refractivity contribution in [3.63, 3.8) is 0 Å². The van der Waals surface area contributed by atoms with E-state index in [0.29, 0.717) is 12.3 Å². The Morgan fingerprint density at radius 1 is 1.29 bits per heavy atom. The zero-order valence-corrected chi connectivity index (χ0v) is 10.7. The van der Waals surface area contributed by atoms with Crippen molar-refractivity contribution in [2.24, 2.45) is 0 Å². The van der Waals surface area contributed by atoms with E-state index in [9.17, 15) is 9.59 Å². The molecule has 4 nitrogen and oxygen atoms in total. The Morgan fingerprint density at radius 3 is 2.35 bits per heavy atom. The summed E-state index contributed by atoms with van der Waals surface area (Å²) in [4.78, 5) is 23.8. The van der Waals surface area contributed by atoms with Crippen LogP contribution in [0.1, 0.15) is 15.9 Å². The Hall–Kier alpha value is -1.49. The van der Waals surface area contributed by atoms with Crippen molar-refractivity contribution in [1.29, 1.82) is 0 Å². The molecule has 0 spiro atoms. The maximum Gasteiger partial charge on any atom is 0.335 e. The second kappa shape index (κ2) is 6.30. The fourth-order valence-electron chi connectivity index (χ4n) is 1.35. The van der Waals surface area contributed by atoms with Gasteiger partial charge in [-0.3, -0.25) is 4.79 Å². The molecule has 0 heterocycles. The Morgan fingerprint density at radius 2 is 1.88 bits per heavy atom. The Bertz CT molecular complexity index is 403. The first kappa shape index (κ1) is 13.6. The van der Waals surface area contributed by atoms with Crippen LogP contribution in [0.3, 0.4) is 0 Å². The highest BCUT2D eigenvalue weighted by Crippen LogP contribution is 2.08. The van der Waals surface area contributed by atoms with E-state index in [-0.39, 0.29) is 11.5 Å². The van der Waals surface area contributed by atoms with Crippen LogP contribution in [-0.2, 0) is 11.3 Å². The molecular formula is C12H15NO3S. The van der Waals surface area contributed by atoms with Crippen LogP contribution in [0.4, 0.5) is 0 Å². The maximum absolute atomic E-state index is 11.5. The standard InChI is InChI=1S/C12H15NO3S/c1-13(11(14)8-17-2)7-9-3-5-10(6-4-9)12(15)16/h3-6H,7-8H2,1-2H3,(H,15,16). The molecule has 17 heavy (non-hydrogen) atoms. The van der Waals surface area contributed by atoms with Crippen molar-refractivity contribution in [2.45, 2.75) is 6.54 Å². The van der Waals surface area contributed by atoms with E-state index in [1.807, 2.05) is 6.26 Å². The first-order valence-electron chi connectivity index (χ1n) is 5.09. The molecule has 1 amide bonds. The molecule has 5 heteroatoms. The average molecular weight is 253 g/mol. The molecule has 0 aliphatic carbocycles. The molecule has 1 N–H and O–H groups in total. The summed E-state index contributed by atoms with van der Waals surface area (Å²) in [5, 5.41) is 8.75. The first-order valence-corrected chi connectivity index (χ1v) is 6.49. The fraction of sp³-hybridized carbons (Fsp3) is 0.333. The number of benzene rings is 1. The van der Waals surface area contributed by atoms with Gasteiger partial charge in [0.2, 0.25) is 5.91 Å². The van der Waals surface area contributed by atoms with E-state index < -0.39 is 5.97 Å². The fourth-order valence-corrected chi connectivity index (χ4v) is 1.82. The number of rotatable bonds is 5. The summed E-state index contributed by atoms with van der Waals surface area (Å²) in [7, 11) is 1.74.